The number of nitrogens with zero attached hydrogens (tertiary/aromatic N) is 3. The number of Topliss-reactive ketones (excluding diaryl/α,β-unsaturated/α-hetero) is 1. The van der Waals surface area contributed by atoms with Crippen LogP contribution in [0, 0.1) is 24.1 Å². The molecule has 126 valence electrons. The Morgan fingerprint density at radius 1 is 1.24 bits per heavy atom. The maximum Gasteiger partial charge on any atom is 0.320 e. The van der Waals surface area contributed by atoms with Gasteiger partial charge in [-0.05, 0) is 30.7 Å². The van der Waals surface area contributed by atoms with Crippen molar-refractivity contribution in [2.24, 2.45) is 0 Å². The van der Waals surface area contributed by atoms with Crippen molar-refractivity contribution in [2.45, 2.75) is 19.4 Å². The molecule has 0 aliphatic heterocycles. The smallest absolute Gasteiger partial charge is 0.292 e. The lowest BCUT2D eigenvalue weighted by molar-refractivity contribution is 0.0701. The van der Waals surface area contributed by atoms with Gasteiger partial charge in [0.15, 0.2) is 11.7 Å². The third kappa shape index (κ3) is 2.87. The molecule has 0 aliphatic carbocycles. The van der Waals surface area contributed by atoms with Gasteiger partial charge in [-0.1, -0.05) is 24.3 Å². The van der Waals surface area contributed by atoms with Gasteiger partial charge in [0.05, 0.1) is 17.1 Å². The van der Waals surface area contributed by atoms with Gasteiger partial charge in [-0.3, -0.25) is 9.36 Å². The number of aromatic nitrogens is 2. The number of rotatable bonds is 4. The van der Waals surface area contributed by atoms with Gasteiger partial charge in [0.25, 0.3) is 0 Å². The minimum atomic E-state index is -2.97. The average Bonchev–Trinajstić information content (AvgIpc) is 2.97. The van der Waals surface area contributed by atoms with Crippen molar-refractivity contribution in [3.05, 3.63) is 65.2 Å². The van der Waals surface area contributed by atoms with Crippen LogP contribution in [-0.4, -0.2) is 15.3 Å². The fourth-order valence-electron chi connectivity index (χ4n) is 2.62. The minimum Gasteiger partial charge on any atom is -0.292 e. The zero-order chi connectivity index (χ0) is 18.1. The third-order valence-electron chi connectivity index (χ3n) is 3.92. The minimum absolute atomic E-state index is 0.0671. The van der Waals surface area contributed by atoms with Gasteiger partial charge in [-0.15, -0.1) is 0 Å². The first kappa shape index (κ1) is 16.7. The van der Waals surface area contributed by atoms with Gasteiger partial charge >= 0.3 is 6.55 Å². The molecule has 4 nitrogen and oxygen atoms in total. The second-order valence-electron chi connectivity index (χ2n) is 5.50. The molecule has 3 rings (SSSR count). The van der Waals surface area contributed by atoms with Crippen LogP contribution in [0.4, 0.5) is 13.2 Å². The maximum atomic E-state index is 13.7. The summed E-state index contributed by atoms with van der Waals surface area (Å²) >= 11 is 0. The number of alkyl halides is 2. The van der Waals surface area contributed by atoms with E-state index in [1.165, 1.54) is 31.2 Å². The zero-order valence-electron chi connectivity index (χ0n) is 13.1. The van der Waals surface area contributed by atoms with Crippen molar-refractivity contribution in [1.29, 1.82) is 5.26 Å². The fraction of sp³-hybridized carbons (Fsp3) is 0.167. The van der Waals surface area contributed by atoms with Gasteiger partial charge in [0, 0.05) is 5.56 Å². The molecule has 0 N–H and O–H groups in total. The number of imidazole rings is 1. The lowest BCUT2D eigenvalue weighted by atomic mass is 9.97. The molecule has 1 unspecified atom stereocenters. The Morgan fingerprint density at radius 2 is 1.96 bits per heavy atom. The molecule has 25 heavy (non-hydrogen) atoms. The number of ketones is 1. The predicted octanol–water partition coefficient (Wildman–Crippen LogP) is 4.37. The molecule has 1 atom stereocenters. The summed E-state index contributed by atoms with van der Waals surface area (Å²) in [5, 5.41) is 9.40. The number of fused-ring (bicyclic) bond motifs is 1. The third-order valence-corrected chi connectivity index (χ3v) is 3.92. The van der Waals surface area contributed by atoms with Gasteiger partial charge < -0.3 is 0 Å². The standard InChI is InChI=1S/C18H12F3N3O/c1-10-6-7-11(8-13(10)19)16(25)12(9-22)17-23-14-4-2-3-5-15(14)24(17)18(20)21/h2-8,12,18H,1H3. The first-order valence-electron chi connectivity index (χ1n) is 7.39. The lowest BCUT2D eigenvalue weighted by Gasteiger charge is -2.12. The fourth-order valence-corrected chi connectivity index (χ4v) is 2.62. The van der Waals surface area contributed by atoms with E-state index >= 15 is 0 Å². The van der Waals surface area contributed by atoms with Crippen LogP contribution in [0.5, 0.6) is 0 Å². The summed E-state index contributed by atoms with van der Waals surface area (Å²) < 4.78 is 41.3. The van der Waals surface area contributed by atoms with E-state index in [1.807, 2.05) is 0 Å². The first-order chi connectivity index (χ1) is 11.9. The summed E-state index contributed by atoms with van der Waals surface area (Å²) in [6.07, 6.45) is 0. The average molecular weight is 343 g/mol. The second kappa shape index (κ2) is 6.40. The molecule has 0 aliphatic rings. The number of hydrogen-bond donors (Lipinski definition) is 0. The number of carbonyl (C=O) groups excluding carboxylic acids is 1. The van der Waals surface area contributed by atoms with Gasteiger partial charge in [0.1, 0.15) is 11.6 Å². The Labute approximate surface area is 141 Å². The molecule has 1 aromatic heterocycles. The molecule has 0 radical (unpaired) electrons. The van der Waals surface area contributed by atoms with Gasteiger partial charge in [-0.25, -0.2) is 9.37 Å². The summed E-state index contributed by atoms with van der Waals surface area (Å²) in [4.78, 5) is 16.6. The summed E-state index contributed by atoms with van der Waals surface area (Å²) in [5.74, 6) is -3.31. The zero-order valence-corrected chi connectivity index (χ0v) is 13.1. The van der Waals surface area contributed by atoms with Crippen LogP contribution in [0.25, 0.3) is 11.0 Å². The summed E-state index contributed by atoms with van der Waals surface area (Å²) in [6.45, 7) is -1.44. The van der Waals surface area contributed by atoms with Crippen molar-refractivity contribution in [1.82, 2.24) is 9.55 Å². The number of carbonyl (C=O) groups is 1. The van der Waals surface area contributed by atoms with E-state index in [0.29, 0.717) is 10.1 Å². The number of halogens is 3. The van der Waals surface area contributed by atoms with Crippen molar-refractivity contribution < 1.29 is 18.0 Å². The van der Waals surface area contributed by atoms with Gasteiger partial charge in [0.2, 0.25) is 0 Å². The molecule has 0 saturated carbocycles. The number of para-hydroxylation sites is 2. The maximum absolute atomic E-state index is 13.7. The lowest BCUT2D eigenvalue weighted by Crippen LogP contribution is -2.17. The van der Waals surface area contributed by atoms with E-state index in [0.717, 1.165) is 6.07 Å². The highest BCUT2D eigenvalue weighted by Crippen LogP contribution is 2.29. The van der Waals surface area contributed by atoms with Crippen molar-refractivity contribution >= 4 is 16.8 Å². The van der Waals surface area contributed by atoms with Crippen molar-refractivity contribution in [3.8, 4) is 6.07 Å². The first-order valence-corrected chi connectivity index (χ1v) is 7.39. The molecule has 3 aromatic rings. The summed E-state index contributed by atoms with van der Waals surface area (Å²) in [7, 11) is 0. The van der Waals surface area contributed by atoms with Crippen LogP contribution in [-0.2, 0) is 0 Å². The number of hydrogen-bond acceptors (Lipinski definition) is 3. The SMILES string of the molecule is Cc1ccc(C(=O)C(C#N)c2nc3ccccc3n2C(F)F)cc1F. The second-order valence-corrected chi connectivity index (χ2v) is 5.50. The predicted molar refractivity (Wildman–Crippen MR) is 84.8 cm³/mol. The van der Waals surface area contributed by atoms with E-state index < -0.39 is 24.1 Å². The Hall–Kier alpha value is -3.14. The van der Waals surface area contributed by atoms with E-state index in [2.05, 4.69) is 4.98 Å². The summed E-state index contributed by atoms with van der Waals surface area (Å²) in [5.41, 5.74) is 0.643. The number of benzene rings is 2. The van der Waals surface area contributed by atoms with Crippen LogP contribution >= 0.6 is 0 Å². The summed E-state index contributed by atoms with van der Waals surface area (Å²) in [6, 6.07) is 11.6. The van der Waals surface area contributed by atoms with Crippen LogP contribution in [0.2, 0.25) is 0 Å². The molecule has 7 heteroatoms. The Kier molecular flexibility index (Phi) is 4.28. The van der Waals surface area contributed by atoms with E-state index in [9.17, 15) is 23.2 Å². The van der Waals surface area contributed by atoms with Crippen LogP contribution in [0.15, 0.2) is 42.5 Å². The van der Waals surface area contributed by atoms with Crippen LogP contribution < -0.4 is 0 Å². The topological polar surface area (TPSA) is 58.7 Å². The van der Waals surface area contributed by atoms with Gasteiger partial charge in [-0.2, -0.15) is 14.0 Å². The number of nitriles is 1. The Bertz CT molecular complexity index is 1000. The molecule has 1 heterocycles. The van der Waals surface area contributed by atoms with Crippen LogP contribution in [0.3, 0.4) is 0 Å². The molecule has 0 saturated heterocycles. The highest BCUT2D eigenvalue weighted by atomic mass is 19.3. The molecule has 0 spiro atoms. The molecule has 2 aromatic carbocycles. The Balaban J connectivity index is 2.14. The highest BCUT2D eigenvalue weighted by molar-refractivity contribution is 6.02. The quantitative estimate of drug-likeness (QED) is 0.661. The van der Waals surface area contributed by atoms with E-state index in [4.69, 9.17) is 0 Å². The Morgan fingerprint density at radius 3 is 2.60 bits per heavy atom. The highest BCUT2D eigenvalue weighted by Gasteiger charge is 2.30. The number of aryl methyl sites for hydroxylation is 1. The normalized spacial score (nSPS) is 12.3. The molecule has 0 fully saturated rings. The van der Waals surface area contributed by atoms with Crippen LogP contribution in [0.1, 0.15) is 34.2 Å². The molecule has 0 amide bonds. The van der Waals surface area contributed by atoms with Crippen molar-refractivity contribution in [2.75, 3.05) is 0 Å². The molecular formula is C18H12F3N3O. The van der Waals surface area contributed by atoms with E-state index in [-0.39, 0.29) is 22.4 Å². The largest absolute Gasteiger partial charge is 0.320 e. The molecular weight excluding hydrogens is 331 g/mol. The molecule has 0 bridgehead atoms. The van der Waals surface area contributed by atoms with E-state index in [1.54, 1.807) is 18.2 Å². The van der Waals surface area contributed by atoms with Crippen molar-refractivity contribution in [3.63, 3.8) is 0 Å². The monoisotopic (exact) mass is 343 g/mol.